The number of hydrogen-bond donors (Lipinski definition) is 0. The van der Waals surface area contributed by atoms with E-state index in [0.29, 0.717) is 36.6 Å². The Morgan fingerprint density at radius 2 is 1.72 bits per heavy atom. The number of hydrogen-bond acceptors (Lipinski definition) is 5. The van der Waals surface area contributed by atoms with Crippen molar-refractivity contribution in [3.63, 3.8) is 0 Å². The molecule has 2 aromatic carbocycles. The molecule has 0 N–H and O–H groups in total. The van der Waals surface area contributed by atoms with E-state index in [1.165, 1.54) is 24.3 Å². The second kappa shape index (κ2) is 9.23. The average molecular weight is 399 g/mol. The predicted molar refractivity (Wildman–Crippen MR) is 105 cm³/mol. The van der Waals surface area contributed by atoms with Crippen LogP contribution in [0.3, 0.4) is 0 Å². The number of nitrogens with zero attached hydrogens (tertiary/aromatic N) is 1. The van der Waals surface area contributed by atoms with Crippen LogP contribution < -0.4 is 9.47 Å². The van der Waals surface area contributed by atoms with Crippen molar-refractivity contribution >= 4 is 18.0 Å². The molecule has 0 unspecified atom stereocenters. The molecule has 6 nitrogen and oxygen atoms in total. The van der Waals surface area contributed by atoms with E-state index in [0.717, 1.165) is 11.1 Å². The molecule has 0 saturated heterocycles. The highest BCUT2D eigenvalue weighted by molar-refractivity contribution is 5.89. The monoisotopic (exact) mass is 399 g/mol. The summed E-state index contributed by atoms with van der Waals surface area (Å²) in [5.41, 5.74) is 2.74. The van der Waals surface area contributed by atoms with Gasteiger partial charge >= 0.3 is 5.97 Å². The van der Waals surface area contributed by atoms with Crippen molar-refractivity contribution in [2.24, 2.45) is 0 Å². The number of amides is 1. The van der Waals surface area contributed by atoms with E-state index in [4.69, 9.17) is 14.2 Å². The lowest BCUT2D eigenvalue weighted by molar-refractivity contribution is -0.148. The van der Waals surface area contributed by atoms with Gasteiger partial charge in [-0.15, -0.1) is 0 Å². The van der Waals surface area contributed by atoms with Gasteiger partial charge in [0, 0.05) is 19.2 Å². The van der Waals surface area contributed by atoms with Gasteiger partial charge in [-0.25, -0.2) is 9.18 Å². The molecule has 1 heterocycles. The first-order valence-electron chi connectivity index (χ1n) is 9.12. The molecule has 0 saturated carbocycles. The molecular weight excluding hydrogens is 377 g/mol. The number of esters is 1. The summed E-state index contributed by atoms with van der Waals surface area (Å²) >= 11 is 0. The van der Waals surface area contributed by atoms with Crippen molar-refractivity contribution < 1.29 is 28.2 Å². The van der Waals surface area contributed by atoms with Crippen LogP contribution in [0.1, 0.15) is 16.7 Å². The number of fused-ring (bicyclic) bond motifs is 1. The smallest absolute Gasteiger partial charge is 0.331 e. The van der Waals surface area contributed by atoms with Gasteiger partial charge in [-0.1, -0.05) is 12.1 Å². The molecule has 152 valence electrons. The molecular formula is C22H22FNO5. The van der Waals surface area contributed by atoms with Gasteiger partial charge in [0.1, 0.15) is 5.82 Å². The summed E-state index contributed by atoms with van der Waals surface area (Å²) < 4.78 is 28.5. The zero-order chi connectivity index (χ0) is 20.8. The molecule has 0 aliphatic carbocycles. The number of carbonyl (C=O) groups excluding carboxylic acids is 2. The number of halogens is 1. The minimum atomic E-state index is -0.633. The quantitative estimate of drug-likeness (QED) is 0.552. The van der Waals surface area contributed by atoms with Crippen LogP contribution in [0.4, 0.5) is 4.39 Å². The zero-order valence-corrected chi connectivity index (χ0v) is 16.3. The maximum Gasteiger partial charge on any atom is 0.331 e. The van der Waals surface area contributed by atoms with Crippen molar-refractivity contribution in [2.45, 2.75) is 13.0 Å². The van der Waals surface area contributed by atoms with Gasteiger partial charge in [-0.3, -0.25) is 4.79 Å². The van der Waals surface area contributed by atoms with Gasteiger partial charge < -0.3 is 19.1 Å². The lowest BCUT2D eigenvalue weighted by atomic mass is 9.99. The second-order valence-corrected chi connectivity index (χ2v) is 6.53. The fourth-order valence-corrected chi connectivity index (χ4v) is 3.11. The van der Waals surface area contributed by atoms with Crippen LogP contribution in [0.2, 0.25) is 0 Å². The Morgan fingerprint density at radius 1 is 1.07 bits per heavy atom. The number of benzene rings is 2. The van der Waals surface area contributed by atoms with Gasteiger partial charge in [0.25, 0.3) is 5.91 Å². The number of methoxy groups -OCH3 is 2. The van der Waals surface area contributed by atoms with E-state index in [1.807, 2.05) is 12.1 Å². The molecule has 0 spiro atoms. The van der Waals surface area contributed by atoms with Crippen molar-refractivity contribution in [3.05, 3.63) is 65.0 Å². The summed E-state index contributed by atoms with van der Waals surface area (Å²) in [6.45, 7) is 0.608. The molecule has 0 radical (unpaired) electrons. The van der Waals surface area contributed by atoms with Crippen molar-refractivity contribution in [1.29, 1.82) is 0 Å². The molecule has 29 heavy (non-hydrogen) atoms. The maximum absolute atomic E-state index is 12.9. The topological polar surface area (TPSA) is 65.1 Å². The van der Waals surface area contributed by atoms with E-state index >= 15 is 0 Å². The minimum Gasteiger partial charge on any atom is -0.493 e. The summed E-state index contributed by atoms with van der Waals surface area (Å²) in [6.07, 6.45) is 3.39. The normalized spacial score (nSPS) is 13.1. The Hall–Kier alpha value is -3.35. The van der Waals surface area contributed by atoms with Crippen LogP contribution in [0, 0.1) is 5.82 Å². The van der Waals surface area contributed by atoms with Crippen LogP contribution in [0.5, 0.6) is 11.5 Å². The molecule has 0 atom stereocenters. The molecule has 7 heteroatoms. The van der Waals surface area contributed by atoms with E-state index in [9.17, 15) is 14.0 Å². The Kier molecular flexibility index (Phi) is 6.49. The molecule has 0 bridgehead atoms. The first kappa shape index (κ1) is 20.4. The van der Waals surface area contributed by atoms with Crippen LogP contribution in [0.15, 0.2) is 42.5 Å². The summed E-state index contributed by atoms with van der Waals surface area (Å²) in [4.78, 5) is 25.9. The summed E-state index contributed by atoms with van der Waals surface area (Å²) in [7, 11) is 3.15. The third-order valence-corrected chi connectivity index (χ3v) is 4.69. The molecule has 1 aliphatic rings. The first-order valence-corrected chi connectivity index (χ1v) is 9.12. The van der Waals surface area contributed by atoms with Crippen molar-refractivity contribution in [3.8, 4) is 11.5 Å². The second-order valence-electron chi connectivity index (χ2n) is 6.53. The molecule has 2 aromatic rings. The van der Waals surface area contributed by atoms with Crippen LogP contribution in [-0.4, -0.2) is 44.1 Å². The number of rotatable bonds is 6. The predicted octanol–water partition coefficient (Wildman–Crippen LogP) is 2.98. The van der Waals surface area contributed by atoms with E-state index in [2.05, 4.69) is 0 Å². The van der Waals surface area contributed by atoms with Gasteiger partial charge in [-0.2, -0.15) is 0 Å². The van der Waals surface area contributed by atoms with Crippen LogP contribution in [0.25, 0.3) is 6.08 Å². The highest BCUT2D eigenvalue weighted by Gasteiger charge is 2.23. The van der Waals surface area contributed by atoms with Crippen molar-refractivity contribution in [2.75, 3.05) is 27.4 Å². The average Bonchev–Trinajstić information content (AvgIpc) is 2.75. The van der Waals surface area contributed by atoms with Gasteiger partial charge in [0.2, 0.25) is 0 Å². The zero-order valence-electron chi connectivity index (χ0n) is 16.3. The maximum atomic E-state index is 12.9. The molecule has 1 amide bonds. The third kappa shape index (κ3) is 5.13. The first-order chi connectivity index (χ1) is 14.0. The molecule has 0 aromatic heterocycles. The number of carbonyl (C=O) groups is 2. The molecule has 0 fully saturated rings. The largest absolute Gasteiger partial charge is 0.493 e. The SMILES string of the molecule is COc1cc2c(cc1OC)CN(C(=O)COC(=O)/C=C/c1ccc(F)cc1)CC2. The Morgan fingerprint density at radius 3 is 2.38 bits per heavy atom. The summed E-state index contributed by atoms with van der Waals surface area (Å²) in [5, 5.41) is 0. The lowest BCUT2D eigenvalue weighted by Gasteiger charge is -2.29. The van der Waals surface area contributed by atoms with Crippen LogP contribution >= 0.6 is 0 Å². The van der Waals surface area contributed by atoms with Gasteiger partial charge in [-0.05, 0) is 53.5 Å². The minimum absolute atomic E-state index is 0.269. The van der Waals surface area contributed by atoms with E-state index in [1.54, 1.807) is 31.3 Å². The van der Waals surface area contributed by atoms with Crippen molar-refractivity contribution in [1.82, 2.24) is 4.90 Å². The fourth-order valence-electron chi connectivity index (χ4n) is 3.11. The Labute approximate surface area is 168 Å². The molecule has 1 aliphatic heterocycles. The Balaban J connectivity index is 1.55. The number of ether oxygens (including phenoxy) is 3. The van der Waals surface area contributed by atoms with Crippen LogP contribution in [-0.2, 0) is 27.3 Å². The fraction of sp³-hybridized carbons (Fsp3) is 0.273. The van der Waals surface area contributed by atoms with Gasteiger partial charge in [0.05, 0.1) is 14.2 Å². The highest BCUT2D eigenvalue weighted by atomic mass is 19.1. The Bertz CT molecular complexity index is 924. The lowest BCUT2D eigenvalue weighted by Crippen LogP contribution is -2.38. The summed E-state index contributed by atoms with van der Waals surface area (Å²) in [5.74, 6) is 0.0146. The summed E-state index contributed by atoms with van der Waals surface area (Å²) in [6, 6.07) is 9.47. The van der Waals surface area contributed by atoms with E-state index in [-0.39, 0.29) is 18.3 Å². The highest BCUT2D eigenvalue weighted by Crippen LogP contribution is 2.33. The molecule has 3 rings (SSSR count). The third-order valence-electron chi connectivity index (χ3n) is 4.69. The standard InChI is InChI=1S/C22H22FNO5/c1-27-19-11-16-9-10-24(13-17(16)12-20(19)28-2)21(25)14-29-22(26)8-5-15-3-6-18(23)7-4-15/h3-8,11-12H,9-10,13-14H2,1-2H3/b8-5+. The van der Waals surface area contributed by atoms with E-state index < -0.39 is 5.97 Å². The van der Waals surface area contributed by atoms with Gasteiger partial charge in [0.15, 0.2) is 18.1 Å².